The molecule has 0 saturated carbocycles. The van der Waals surface area contributed by atoms with Crippen molar-refractivity contribution in [3.05, 3.63) is 29.8 Å². The van der Waals surface area contributed by atoms with E-state index in [1.54, 1.807) is 0 Å². The van der Waals surface area contributed by atoms with Crippen molar-refractivity contribution in [2.24, 2.45) is 0 Å². The molecule has 0 aliphatic heterocycles. The third-order valence-electron chi connectivity index (χ3n) is 2.92. The zero-order valence-corrected chi connectivity index (χ0v) is 11.4. The molecule has 0 spiro atoms. The van der Waals surface area contributed by atoms with Crippen LogP contribution < -0.4 is 16.0 Å². The van der Waals surface area contributed by atoms with Crippen LogP contribution in [0.1, 0.15) is 38.3 Å². The Morgan fingerprint density at radius 2 is 2.06 bits per heavy atom. The molecule has 0 bridgehead atoms. The van der Waals surface area contributed by atoms with Crippen LogP contribution in [0.25, 0.3) is 0 Å². The molecule has 1 rings (SSSR count). The van der Waals surface area contributed by atoms with Crippen molar-refractivity contribution in [1.29, 1.82) is 0 Å². The minimum atomic E-state index is -0.140. The quantitative estimate of drug-likeness (QED) is 0.679. The van der Waals surface area contributed by atoms with Gasteiger partial charge in [-0.15, -0.1) is 0 Å². The van der Waals surface area contributed by atoms with Gasteiger partial charge in [-0.25, -0.2) is 4.79 Å². The number of nitrogens with one attached hydrogen (secondary N) is 3. The fraction of sp³-hybridized carbons (Fsp3) is 0.500. The fourth-order valence-electron chi connectivity index (χ4n) is 1.69. The van der Waals surface area contributed by atoms with Crippen LogP contribution >= 0.6 is 0 Å². The second-order valence-electron chi connectivity index (χ2n) is 4.33. The highest BCUT2D eigenvalue weighted by atomic mass is 16.2. The van der Waals surface area contributed by atoms with E-state index in [-0.39, 0.29) is 12.1 Å². The summed E-state index contributed by atoms with van der Waals surface area (Å²) in [5, 5.41) is 8.92. The Balaban J connectivity index is 2.63. The molecule has 0 aliphatic rings. The summed E-state index contributed by atoms with van der Waals surface area (Å²) in [4.78, 5) is 11.7. The molecule has 18 heavy (non-hydrogen) atoms. The van der Waals surface area contributed by atoms with Crippen molar-refractivity contribution in [2.45, 2.75) is 32.7 Å². The van der Waals surface area contributed by atoms with Crippen molar-refractivity contribution in [3.8, 4) is 0 Å². The summed E-state index contributed by atoms with van der Waals surface area (Å²) < 4.78 is 0. The third kappa shape index (κ3) is 4.37. The highest BCUT2D eigenvalue weighted by molar-refractivity contribution is 5.90. The predicted molar refractivity (Wildman–Crippen MR) is 75.8 cm³/mol. The monoisotopic (exact) mass is 249 g/mol. The van der Waals surface area contributed by atoms with Crippen molar-refractivity contribution in [2.75, 3.05) is 18.9 Å². The molecule has 2 amide bonds. The second-order valence-corrected chi connectivity index (χ2v) is 4.33. The fourth-order valence-corrected chi connectivity index (χ4v) is 1.69. The summed E-state index contributed by atoms with van der Waals surface area (Å²) in [6.45, 7) is 4.88. The lowest BCUT2D eigenvalue weighted by Crippen LogP contribution is -2.30. The zero-order chi connectivity index (χ0) is 13.4. The van der Waals surface area contributed by atoms with E-state index < -0.39 is 0 Å². The van der Waals surface area contributed by atoms with Crippen LogP contribution in [0.2, 0.25) is 0 Å². The summed E-state index contributed by atoms with van der Waals surface area (Å²) in [5.74, 6) is 0. The standard InChI is InChI=1S/C14H23N3O/c1-4-5-10-16-14(18)17-13-9-7-6-8-12(13)11(2)15-3/h6-9,11,15H,4-5,10H2,1-3H3,(H2,16,17,18). The Bertz CT molecular complexity index is 379. The molecule has 4 nitrogen and oxygen atoms in total. The molecule has 0 radical (unpaired) electrons. The summed E-state index contributed by atoms with van der Waals surface area (Å²) in [6, 6.07) is 7.90. The Kier molecular flexibility index (Phi) is 6.22. The summed E-state index contributed by atoms with van der Waals surface area (Å²) in [5.41, 5.74) is 1.94. The first-order valence-electron chi connectivity index (χ1n) is 6.50. The van der Waals surface area contributed by atoms with Gasteiger partial charge >= 0.3 is 6.03 Å². The molecule has 0 saturated heterocycles. The molecule has 1 aromatic rings. The molecule has 1 unspecified atom stereocenters. The summed E-state index contributed by atoms with van der Waals surface area (Å²) >= 11 is 0. The van der Waals surface area contributed by atoms with E-state index in [1.165, 1.54) is 0 Å². The van der Waals surface area contributed by atoms with Gasteiger partial charge in [0.25, 0.3) is 0 Å². The van der Waals surface area contributed by atoms with Gasteiger partial charge in [-0.2, -0.15) is 0 Å². The van der Waals surface area contributed by atoms with Gasteiger partial charge in [-0.3, -0.25) is 0 Å². The lowest BCUT2D eigenvalue weighted by atomic mass is 10.1. The molecule has 1 atom stereocenters. The molecule has 1 aromatic carbocycles. The number of carbonyl (C=O) groups excluding carboxylic acids is 1. The molecule has 100 valence electrons. The van der Waals surface area contributed by atoms with Gasteiger partial charge in [-0.05, 0) is 32.0 Å². The van der Waals surface area contributed by atoms with E-state index >= 15 is 0 Å². The summed E-state index contributed by atoms with van der Waals surface area (Å²) in [7, 11) is 1.91. The molecule has 4 heteroatoms. The van der Waals surface area contributed by atoms with Crippen LogP contribution in [0.15, 0.2) is 24.3 Å². The van der Waals surface area contributed by atoms with Crippen molar-refractivity contribution >= 4 is 11.7 Å². The molecular formula is C14H23N3O. The van der Waals surface area contributed by atoms with Gasteiger partial charge in [0.05, 0.1) is 0 Å². The number of unbranched alkanes of at least 4 members (excludes halogenated alkanes) is 1. The van der Waals surface area contributed by atoms with Crippen LogP contribution in [0.4, 0.5) is 10.5 Å². The van der Waals surface area contributed by atoms with Crippen LogP contribution in [0.5, 0.6) is 0 Å². The Morgan fingerprint density at radius 1 is 1.33 bits per heavy atom. The van der Waals surface area contributed by atoms with E-state index in [2.05, 4.69) is 29.8 Å². The number of hydrogen-bond donors (Lipinski definition) is 3. The Hall–Kier alpha value is -1.55. The number of benzene rings is 1. The number of amides is 2. The SMILES string of the molecule is CCCCNC(=O)Nc1ccccc1C(C)NC. The zero-order valence-electron chi connectivity index (χ0n) is 11.4. The molecule has 0 heterocycles. The smallest absolute Gasteiger partial charge is 0.319 e. The van der Waals surface area contributed by atoms with Gasteiger partial charge in [0.1, 0.15) is 0 Å². The highest BCUT2D eigenvalue weighted by Crippen LogP contribution is 2.21. The van der Waals surface area contributed by atoms with E-state index in [1.807, 2.05) is 31.3 Å². The second kappa shape index (κ2) is 7.71. The molecule has 3 N–H and O–H groups in total. The van der Waals surface area contributed by atoms with E-state index in [4.69, 9.17) is 0 Å². The first kappa shape index (κ1) is 14.5. The predicted octanol–water partition coefficient (Wildman–Crippen LogP) is 2.89. The van der Waals surface area contributed by atoms with Crippen molar-refractivity contribution < 1.29 is 4.79 Å². The largest absolute Gasteiger partial charge is 0.338 e. The normalized spacial score (nSPS) is 11.9. The number of anilines is 1. The van der Waals surface area contributed by atoms with Gasteiger partial charge < -0.3 is 16.0 Å². The number of rotatable bonds is 6. The van der Waals surface area contributed by atoms with Crippen LogP contribution in [0, 0.1) is 0 Å². The maximum Gasteiger partial charge on any atom is 0.319 e. The van der Waals surface area contributed by atoms with Gasteiger partial charge in [0, 0.05) is 18.3 Å². The van der Waals surface area contributed by atoms with Crippen LogP contribution in [0.3, 0.4) is 0 Å². The average molecular weight is 249 g/mol. The molecule has 0 fully saturated rings. The van der Waals surface area contributed by atoms with Crippen LogP contribution in [-0.2, 0) is 0 Å². The van der Waals surface area contributed by atoms with Gasteiger partial charge in [0.15, 0.2) is 0 Å². The first-order chi connectivity index (χ1) is 8.69. The lowest BCUT2D eigenvalue weighted by molar-refractivity contribution is 0.252. The maximum absolute atomic E-state index is 11.7. The first-order valence-corrected chi connectivity index (χ1v) is 6.50. The van der Waals surface area contributed by atoms with Gasteiger partial charge in [0.2, 0.25) is 0 Å². The molecular weight excluding hydrogens is 226 g/mol. The lowest BCUT2D eigenvalue weighted by Gasteiger charge is -2.16. The Morgan fingerprint density at radius 3 is 2.72 bits per heavy atom. The van der Waals surface area contributed by atoms with Crippen LogP contribution in [-0.4, -0.2) is 19.6 Å². The average Bonchev–Trinajstić information content (AvgIpc) is 2.39. The van der Waals surface area contributed by atoms with Crippen molar-refractivity contribution in [3.63, 3.8) is 0 Å². The minimum Gasteiger partial charge on any atom is -0.338 e. The van der Waals surface area contributed by atoms with Crippen molar-refractivity contribution in [1.82, 2.24) is 10.6 Å². The van der Waals surface area contributed by atoms with E-state index in [0.717, 1.165) is 24.1 Å². The van der Waals surface area contributed by atoms with Gasteiger partial charge in [-0.1, -0.05) is 31.5 Å². The number of hydrogen-bond acceptors (Lipinski definition) is 2. The molecule has 0 aliphatic carbocycles. The third-order valence-corrected chi connectivity index (χ3v) is 2.92. The number of carbonyl (C=O) groups is 1. The molecule has 0 aromatic heterocycles. The topological polar surface area (TPSA) is 53.2 Å². The Labute approximate surface area is 109 Å². The number of urea groups is 1. The van der Waals surface area contributed by atoms with E-state index in [0.29, 0.717) is 6.54 Å². The highest BCUT2D eigenvalue weighted by Gasteiger charge is 2.10. The summed E-state index contributed by atoms with van der Waals surface area (Å²) in [6.07, 6.45) is 2.08. The minimum absolute atomic E-state index is 0.140. The van der Waals surface area contributed by atoms with E-state index in [9.17, 15) is 4.79 Å². The number of para-hydroxylation sites is 1. The maximum atomic E-state index is 11.7.